The summed E-state index contributed by atoms with van der Waals surface area (Å²) in [5.41, 5.74) is 0.482. The van der Waals surface area contributed by atoms with Crippen molar-refractivity contribution in [1.82, 2.24) is 10.2 Å². The van der Waals surface area contributed by atoms with Crippen LogP contribution in [0, 0.1) is 0 Å². The second kappa shape index (κ2) is 7.38. The first-order chi connectivity index (χ1) is 9.88. The van der Waals surface area contributed by atoms with Gasteiger partial charge in [0.2, 0.25) is 3.79 Å². The first kappa shape index (κ1) is 17.2. The highest BCUT2D eigenvalue weighted by Gasteiger charge is 2.38. The zero-order valence-corrected chi connectivity index (χ0v) is 14.3. The molecule has 1 aromatic carbocycles. The Balaban J connectivity index is 2.10. The van der Waals surface area contributed by atoms with E-state index in [4.69, 9.17) is 46.4 Å². The SMILES string of the molecule is O=C(N[C@H](N1CCCCC1)C(Cl)(Cl)Cl)c1ccc(Cl)cc1. The summed E-state index contributed by atoms with van der Waals surface area (Å²) in [5, 5.41) is 3.38. The lowest BCUT2D eigenvalue weighted by Crippen LogP contribution is -2.56. The van der Waals surface area contributed by atoms with E-state index < -0.39 is 9.96 Å². The molecule has 7 heteroatoms. The Bertz CT molecular complexity index is 481. The van der Waals surface area contributed by atoms with Gasteiger partial charge in [0.05, 0.1) is 0 Å². The molecule has 21 heavy (non-hydrogen) atoms. The molecule has 0 spiro atoms. The van der Waals surface area contributed by atoms with E-state index in [9.17, 15) is 4.79 Å². The molecule has 1 aliphatic heterocycles. The zero-order valence-electron chi connectivity index (χ0n) is 11.3. The number of likely N-dealkylation sites (tertiary alicyclic amines) is 1. The van der Waals surface area contributed by atoms with Gasteiger partial charge in [0.1, 0.15) is 6.17 Å². The van der Waals surface area contributed by atoms with Crippen LogP contribution in [0.3, 0.4) is 0 Å². The first-order valence-electron chi connectivity index (χ1n) is 6.75. The largest absolute Gasteiger partial charge is 0.332 e. The highest BCUT2D eigenvalue weighted by atomic mass is 35.6. The highest BCUT2D eigenvalue weighted by Crippen LogP contribution is 2.33. The quantitative estimate of drug-likeness (QED) is 0.807. The number of carbonyl (C=O) groups excluding carboxylic acids is 1. The standard InChI is InChI=1S/C14H16Cl4N2O/c15-11-6-4-10(5-7-11)12(21)19-13(14(16,17)18)20-8-2-1-3-9-20/h4-7,13H,1-3,8-9H2,(H,19,21)/t13-/m1/s1. The molecule has 1 N–H and O–H groups in total. The van der Waals surface area contributed by atoms with Crippen molar-refractivity contribution in [3.63, 3.8) is 0 Å². The Kier molecular flexibility index (Phi) is 6.04. The number of alkyl halides is 3. The summed E-state index contributed by atoms with van der Waals surface area (Å²) in [4.78, 5) is 14.3. The van der Waals surface area contributed by atoms with Crippen LogP contribution in [0.5, 0.6) is 0 Å². The number of nitrogens with one attached hydrogen (secondary N) is 1. The van der Waals surface area contributed by atoms with Crippen LogP contribution in [0.1, 0.15) is 29.6 Å². The summed E-state index contributed by atoms with van der Waals surface area (Å²) < 4.78 is -1.58. The fourth-order valence-electron chi connectivity index (χ4n) is 2.37. The Hall–Kier alpha value is -0.190. The Labute approximate surface area is 144 Å². The summed E-state index contributed by atoms with van der Waals surface area (Å²) in [7, 11) is 0. The molecule has 0 saturated carbocycles. The summed E-state index contributed by atoms with van der Waals surface area (Å²) in [6, 6.07) is 6.59. The third kappa shape index (κ3) is 4.90. The van der Waals surface area contributed by atoms with E-state index in [-0.39, 0.29) is 5.91 Å². The number of benzene rings is 1. The van der Waals surface area contributed by atoms with Crippen molar-refractivity contribution in [2.75, 3.05) is 13.1 Å². The van der Waals surface area contributed by atoms with Crippen molar-refractivity contribution in [2.45, 2.75) is 29.2 Å². The van der Waals surface area contributed by atoms with Crippen LogP contribution >= 0.6 is 46.4 Å². The van der Waals surface area contributed by atoms with Gasteiger partial charge < -0.3 is 5.32 Å². The van der Waals surface area contributed by atoms with E-state index in [2.05, 4.69) is 5.32 Å². The Morgan fingerprint density at radius 2 is 1.67 bits per heavy atom. The molecule has 1 amide bonds. The summed E-state index contributed by atoms with van der Waals surface area (Å²) in [6.45, 7) is 1.61. The molecule has 0 unspecified atom stereocenters. The molecule has 0 aromatic heterocycles. The minimum atomic E-state index is -1.58. The molecule has 1 heterocycles. The van der Waals surface area contributed by atoms with Gasteiger partial charge >= 0.3 is 0 Å². The smallest absolute Gasteiger partial charge is 0.252 e. The fraction of sp³-hybridized carbons (Fsp3) is 0.500. The van der Waals surface area contributed by atoms with Crippen LogP contribution in [0.4, 0.5) is 0 Å². The third-order valence-corrected chi connectivity index (χ3v) is 4.31. The molecule has 1 atom stereocenters. The van der Waals surface area contributed by atoms with E-state index in [1.54, 1.807) is 24.3 Å². The minimum Gasteiger partial charge on any atom is -0.332 e. The molecule has 3 nitrogen and oxygen atoms in total. The van der Waals surface area contributed by atoms with Crippen molar-refractivity contribution >= 4 is 52.3 Å². The topological polar surface area (TPSA) is 32.3 Å². The maximum atomic E-state index is 12.3. The van der Waals surface area contributed by atoms with Gasteiger partial charge in [-0.1, -0.05) is 52.8 Å². The molecule has 0 bridgehead atoms. The molecule has 1 aromatic rings. The third-order valence-electron chi connectivity index (χ3n) is 3.44. The Morgan fingerprint density at radius 3 is 2.19 bits per heavy atom. The molecular weight excluding hydrogens is 354 g/mol. The van der Waals surface area contributed by atoms with Gasteiger partial charge in [-0.3, -0.25) is 9.69 Å². The van der Waals surface area contributed by atoms with Crippen LogP contribution in [0.15, 0.2) is 24.3 Å². The molecule has 0 radical (unpaired) electrons. The zero-order chi connectivity index (χ0) is 15.5. The lowest BCUT2D eigenvalue weighted by molar-refractivity contribution is 0.0819. The molecule has 1 aliphatic rings. The van der Waals surface area contributed by atoms with E-state index in [0.29, 0.717) is 10.6 Å². The van der Waals surface area contributed by atoms with Gasteiger partial charge in [-0.2, -0.15) is 0 Å². The van der Waals surface area contributed by atoms with Crippen molar-refractivity contribution in [1.29, 1.82) is 0 Å². The maximum absolute atomic E-state index is 12.3. The number of amides is 1. The minimum absolute atomic E-state index is 0.284. The molecular formula is C14H16Cl4N2O. The molecule has 2 rings (SSSR count). The predicted octanol–water partition coefficient (Wildman–Crippen LogP) is 4.25. The van der Waals surface area contributed by atoms with Crippen LogP contribution in [0.2, 0.25) is 5.02 Å². The van der Waals surface area contributed by atoms with Crippen LogP contribution in [-0.2, 0) is 0 Å². The van der Waals surface area contributed by atoms with Gasteiger partial charge in [0.25, 0.3) is 5.91 Å². The van der Waals surface area contributed by atoms with Crippen LogP contribution < -0.4 is 5.32 Å². The van der Waals surface area contributed by atoms with E-state index in [1.165, 1.54) is 0 Å². The molecule has 1 fully saturated rings. The van der Waals surface area contributed by atoms with Crippen molar-refractivity contribution in [3.8, 4) is 0 Å². The average molecular weight is 370 g/mol. The lowest BCUT2D eigenvalue weighted by atomic mass is 10.1. The molecule has 1 saturated heterocycles. The number of carbonyl (C=O) groups is 1. The summed E-state index contributed by atoms with van der Waals surface area (Å²) in [5.74, 6) is -0.284. The second-order valence-electron chi connectivity index (χ2n) is 5.02. The number of nitrogens with zero attached hydrogens (tertiary/aromatic N) is 1. The monoisotopic (exact) mass is 368 g/mol. The van der Waals surface area contributed by atoms with Crippen molar-refractivity contribution in [2.24, 2.45) is 0 Å². The number of halogens is 4. The predicted molar refractivity (Wildman–Crippen MR) is 88.4 cm³/mol. The van der Waals surface area contributed by atoms with Crippen LogP contribution in [0.25, 0.3) is 0 Å². The maximum Gasteiger partial charge on any atom is 0.252 e. The summed E-state index contributed by atoms with van der Waals surface area (Å²) >= 11 is 23.9. The molecule has 0 aliphatic carbocycles. The van der Waals surface area contributed by atoms with Gasteiger partial charge in [0, 0.05) is 23.7 Å². The van der Waals surface area contributed by atoms with Crippen LogP contribution in [-0.4, -0.2) is 33.9 Å². The Morgan fingerprint density at radius 1 is 1.10 bits per heavy atom. The second-order valence-corrected chi connectivity index (χ2v) is 7.83. The number of piperidine rings is 1. The first-order valence-corrected chi connectivity index (χ1v) is 8.26. The number of hydrogen-bond donors (Lipinski definition) is 1. The van der Waals surface area contributed by atoms with Crippen molar-refractivity contribution < 1.29 is 4.79 Å². The fourth-order valence-corrected chi connectivity index (χ4v) is 3.07. The number of hydrogen-bond acceptors (Lipinski definition) is 2. The lowest BCUT2D eigenvalue weighted by Gasteiger charge is -2.38. The highest BCUT2D eigenvalue weighted by molar-refractivity contribution is 6.68. The summed E-state index contributed by atoms with van der Waals surface area (Å²) in [6.07, 6.45) is 2.59. The van der Waals surface area contributed by atoms with Gasteiger partial charge in [-0.05, 0) is 37.1 Å². The van der Waals surface area contributed by atoms with Crippen molar-refractivity contribution in [3.05, 3.63) is 34.9 Å². The molecule has 116 valence electrons. The van der Waals surface area contributed by atoms with E-state index >= 15 is 0 Å². The van der Waals surface area contributed by atoms with Gasteiger partial charge in [-0.25, -0.2) is 0 Å². The van der Waals surface area contributed by atoms with E-state index in [0.717, 1.165) is 32.4 Å². The average Bonchev–Trinajstić information content (AvgIpc) is 2.45. The van der Waals surface area contributed by atoms with Gasteiger partial charge in [0.15, 0.2) is 0 Å². The number of rotatable bonds is 3. The van der Waals surface area contributed by atoms with E-state index in [1.807, 2.05) is 4.90 Å². The van der Waals surface area contributed by atoms with Gasteiger partial charge in [-0.15, -0.1) is 0 Å². The normalized spacial score (nSPS) is 18.3.